The number of carbonyl (C=O) groups excluding carboxylic acids is 1. The van der Waals surface area contributed by atoms with Crippen molar-refractivity contribution in [3.8, 4) is 11.6 Å². The van der Waals surface area contributed by atoms with Gasteiger partial charge in [-0.25, -0.2) is 17.8 Å². The highest BCUT2D eigenvalue weighted by atomic mass is 32.2. The average Bonchev–Trinajstić information content (AvgIpc) is 3.43. The number of hydrogen-bond donors (Lipinski definition) is 1. The van der Waals surface area contributed by atoms with Crippen LogP contribution in [0.1, 0.15) is 5.56 Å². The first-order chi connectivity index (χ1) is 15.8. The third-order valence-electron chi connectivity index (χ3n) is 6.08. The Hall–Kier alpha value is -3.02. The standard InChI is InChI=1S/C22H22FN3O6S/c23-22(14-27,17-4-2-1-3-5-17)21(28)25-10-15-12-26(13-16(15)11-25)33(29,30)18-8-19-20(24-9-18)32-7-6-31-19/h1-5,8-9,27H,6-7,10-14H2/t22-/m0/s1. The lowest BCUT2D eigenvalue weighted by Crippen LogP contribution is -2.47. The highest BCUT2D eigenvalue weighted by Crippen LogP contribution is 2.36. The zero-order valence-electron chi connectivity index (χ0n) is 17.6. The molecule has 0 unspecified atom stereocenters. The van der Waals surface area contributed by atoms with Gasteiger partial charge in [0.1, 0.15) is 18.1 Å². The maximum atomic E-state index is 15.5. The number of fused-ring (bicyclic) bond motifs is 1. The minimum Gasteiger partial charge on any atom is -0.484 e. The topological polar surface area (TPSA) is 109 Å². The number of aromatic nitrogens is 1. The maximum absolute atomic E-state index is 15.5. The van der Waals surface area contributed by atoms with Gasteiger partial charge < -0.3 is 19.5 Å². The molecule has 1 aromatic carbocycles. The first-order valence-electron chi connectivity index (χ1n) is 10.4. The molecule has 5 rings (SSSR count). The molecule has 3 aliphatic heterocycles. The Balaban J connectivity index is 1.29. The van der Waals surface area contributed by atoms with Crippen LogP contribution >= 0.6 is 0 Å². The van der Waals surface area contributed by atoms with Crippen molar-refractivity contribution >= 4 is 15.9 Å². The molecule has 0 radical (unpaired) electrons. The number of nitrogens with zero attached hydrogens (tertiary/aromatic N) is 3. The minimum atomic E-state index is -3.85. The van der Waals surface area contributed by atoms with Gasteiger partial charge in [0.05, 0.1) is 12.8 Å². The number of carbonyl (C=O) groups is 1. The third kappa shape index (κ3) is 3.65. The summed E-state index contributed by atoms with van der Waals surface area (Å²) in [5, 5.41) is 9.68. The van der Waals surface area contributed by atoms with Gasteiger partial charge >= 0.3 is 0 Å². The van der Waals surface area contributed by atoms with E-state index in [0.29, 0.717) is 13.2 Å². The van der Waals surface area contributed by atoms with Gasteiger partial charge in [-0.2, -0.15) is 4.31 Å². The molecule has 174 valence electrons. The number of aliphatic hydroxyl groups excluding tert-OH is 1. The van der Waals surface area contributed by atoms with Crippen molar-refractivity contribution in [3.05, 3.63) is 59.3 Å². The Morgan fingerprint density at radius 2 is 1.76 bits per heavy atom. The van der Waals surface area contributed by atoms with E-state index < -0.39 is 28.2 Å². The van der Waals surface area contributed by atoms with E-state index in [0.717, 1.165) is 11.1 Å². The van der Waals surface area contributed by atoms with Crippen LogP contribution < -0.4 is 9.47 Å². The van der Waals surface area contributed by atoms with Gasteiger partial charge in [-0.3, -0.25) is 4.79 Å². The molecule has 0 saturated carbocycles. The number of halogens is 1. The van der Waals surface area contributed by atoms with Crippen LogP contribution in [-0.4, -0.2) is 79.6 Å². The van der Waals surface area contributed by atoms with E-state index >= 15 is 4.39 Å². The van der Waals surface area contributed by atoms with E-state index in [1.165, 1.54) is 33.6 Å². The SMILES string of the molecule is O=C(N1CC2=C(C1)CN(S(=O)(=O)c1cnc3c(c1)OCCO3)C2)[C@](F)(CO)c1ccccc1. The lowest BCUT2D eigenvalue weighted by Gasteiger charge is -2.29. The smallest absolute Gasteiger partial charge is 0.267 e. The van der Waals surface area contributed by atoms with Gasteiger partial charge in [-0.15, -0.1) is 0 Å². The Labute approximate surface area is 190 Å². The van der Waals surface area contributed by atoms with Gasteiger partial charge in [0.2, 0.25) is 15.7 Å². The molecule has 0 aliphatic carbocycles. The number of rotatable bonds is 5. The van der Waals surface area contributed by atoms with Gasteiger partial charge in [0.25, 0.3) is 11.8 Å². The number of aliphatic hydroxyl groups is 1. The third-order valence-corrected chi connectivity index (χ3v) is 7.84. The molecule has 0 saturated heterocycles. The number of pyridine rings is 1. The van der Waals surface area contributed by atoms with Crippen molar-refractivity contribution in [2.75, 3.05) is 46.0 Å². The highest BCUT2D eigenvalue weighted by Gasteiger charge is 2.46. The molecule has 1 atom stereocenters. The summed E-state index contributed by atoms with van der Waals surface area (Å²) in [7, 11) is -3.85. The average molecular weight is 475 g/mol. The van der Waals surface area contributed by atoms with Crippen LogP contribution in [0, 0.1) is 0 Å². The lowest BCUT2D eigenvalue weighted by atomic mass is 9.95. The maximum Gasteiger partial charge on any atom is 0.267 e. The van der Waals surface area contributed by atoms with Crippen LogP contribution in [0.25, 0.3) is 0 Å². The summed E-state index contributed by atoms with van der Waals surface area (Å²) in [4.78, 5) is 18.3. The zero-order chi connectivity index (χ0) is 23.2. The van der Waals surface area contributed by atoms with Crippen molar-refractivity contribution in [2.45, 2.75) is 10.6 Å². The number of alkyl halides is 1. The summed E-state index contributed by atoms with van der Waals surface area (Å²) >= 11 is 0. The number of amides is 1. The fourth-order valence-corrected chi connectivity index (χ4v) is 5.69. The van der Waals surface area contributed by atoms with E-state index in [1.807, 2.05) is 0 Å². The summed E-state index contributed by atoms with van der Waals surface area (Å²) in [6.45, 7) is 0.101. The van der Waals surface area contributed by atoms with Crippen molar-refractivity contribution in [1.82, 2.24) is 14.2 Å². The van der Waals surface area contributed by atoms with E-state index in [4.69, 9.17) is 9.47 Å². The van der Waals surface area contributed by atoms with Crippen LogP contribution in [0.2, 0.25) is 0 Å². The van der Waals surface area contributed by atoms with E-state index in [2.05, 4.69) is 4.98 Å². The van der Waals surface area contributed by atoms with Gasteiger partial charge in [0, 0.05) is 37.8 Å². The second-order valence-electron chi connectivity index (χ2n) is 8.14. The van der Waals surface area contributed by atoms with Gasteiger partial charge in [-0.1, -0.05) is 30.3 Å². The normalized spacial score (nSPS) is 20.0. The molecule has 11 heteroatoms. The second kappa shape index (κ2) is 8.08. The number of hydrogen-bond acceptors (Lipinski definition) is 7. The first-order valence-corrected chi connectivity index (χ1v) is 11.9. The van der Waals surface area contributed by atoms with E-state index in [9.17, 15) is 18.3 Å². The lowest BCUT2D eigenvalue weighted by molar-refractivity contribution is -0.146. The van der Waals surface area contributed by atoms with Crippen molar-refractivity contribution in [1.29, 1.82) is 0 Å². The summed E-state index contributed by atoms with van der Waals surface area (Å²) in [5.41, 5.74) is -0.958. The molecule has 3 aliphatic rings. The molecule has 1 amide bonds. The van der Waals surface area contributed by atoms with Crippen LogP contribution in [0.15, 0.2) is 58.6 Å². The molecular weight excluding hydrogens is 453 g/mol. The zero-order valence-corrected chi connectivity index (χ0v) is 18.4. The van der Waals surface area contributed by atoms with E-state index in [1.54, 1.807) is 18.2 Å². The molecule has 0 spiro atoms. The van der Waals surface area contributed by atoms with Crippen molar-refractivity contribution in [3.63, 3.8) is 0 Å². The Bertz CT molecular complexity index is 1220. The summed E-state index contributed by atoms with van der Waals surface area (Å²) < 4.78 is 53.9. The van der Waals surface area contributed by atoms with Crippen molar-refractivity contribution in [2.24, 2.45) is 0 Å². The quantitative estimate of drug-likeness (QED) is 0.639. The summed E-state index contributed by atoms with van der Waals surface area (Å²) in [6, 6.07) is 9.22. The highest BCUT2D eigenvalue weighted by molar-refractivity contribution is 7.89. The van der Waals surface area contributed by atoms with Crippen LogP contribution in [0.4, 0.5) is 4.39 Å². The molecule has 0 fully saturated rings. The van der Waals surface area contributed by atoms with Crippen LogP contribution in [0.3, 0.4) is 0 Å². The fraction of sp³-hybridized carbons (Fsp3) is 0.364. The number of ether oxygens (including phenoxy) is 2. The van der Waals surface area contributed by atoms with Gasteiger partial charge in [0.15, 0.2) is 5.75 Å². The van der Waals surface area contributed by atoms with Crippen molar-refractivity contribution < 1.29 is 32.2 Å². The number of sulfonamides is 1. The summed E-state index contributed by atoms with van der Waals surface area (Å²) in [6.07, 6.45) is 1.24. The molecule has 0 bridgehead atoms. The monoisotopic (exact) mass is 475 g/mol. The first kappa shape index (κ1) is 21.8. The molecule has 2 aromatic rings. The fourth-order valence-electron chi connectivity index (χ4n) is 4.30. The molecule has 33 heavy (non-hydrogen) atoms. The summed E-state index contributed by atoms with van der Waals surface area (Å²) in [5.74, 6) is -0.299. The number of benzene rings is 1. The second-order valence-corrected chi connectivity index (χ2v) is 10.1. The Morgan fingerprint density at radius 1 is 1.09 bits per heavy atom. The van der Waals surface area contributed by atoms with Crippen LogP contribution in [0.5, 0.6) is 11.6 Å². The Kier molecular flexibility index (Phi) is 5.34. The van der Waals surface area contributed by atoms with Gasteiger partial charge in [-0.05, 0) is 11.1 Å². The van der Waals surface area contributed by atoms with Crippen LogP contribution in [-0.2, 0) is 20.5 Å². The predicted molar refractivity (Wildman–Crippen MR) is 114 cm³/mol. The molecule has 1 aromatic heterocycles. The van der Waals surface area contributed by atoms with E-state index in [-0.39, 0.29) is 48.3 Å². The largest absolute Gasteiger partial charge is 0.484 e. The minimum absolute atomic E-state index is 0.00649. The molecule has 1 N–H and O–H groups in total. The predicted octanol–water partition coefficient (Wildman–Crippen LogP) is 0.853. The molecular formula is C22H22FN3O6S. The Morgan fingerprint density at radius 3 is 2.42 bits per heavy atom. The molecule has 9 nitrogen and oxygen atoms in total. The molecule has 4 heterocycles.